The van der Waals surface area contributed by atoms with Crippen LogP contribution in [0.4, 0.5) is 0 Å². The van der Waals surface area contributed by atoms with Crippen molar-refractivity contribution in [2.75, 3.05) is 7.11 Å². The molecule has 0 radical (unpaired) electrons. The number of benzene rings is 1. The Morgan fingerprint density at radius 3 is 2.12 bits per heavy atom. The van der Waals surface area contributed by atoms with Crippen LogP contribution in [0.2, 0.25) is 0 Å². The number of carboxylic acid groups (broad SMARTS) is 1. The van der Waals surface area contributed by atoms with E-state index in [9.17, 15) is 9.90 Å². The largest absolute Gasteiger partial charge is 0.496 e. The van der Waals surface area contributed by atoms with Crippen LogP contribution >= 0.6 is 0 Å². The lowest BCUT2D eigenvalue weighted by atomic mass is 9.64. The molecule has 3 nitrogen and oxygen atoms in total. The summed E-state index contributed by atoms with van der Waals surface area (Å²) in [6, 6.07) is 3.91. The Morgan fingerprint density at radius 1 is 1.29 bits per heavy atom. The molecule has 1 saturated carbocycles. The van der Waals surface area contributed by atoms with E-state index in [0.29, 0.717) is 0 Å². The van der Waals surface area contributed by atoms with Crippen molar-refractivity contribution in [1.29, 1.82) is 0 Å². The SMILES string of the molecule is COc1c(C)cc(C2(C(=O)O)CCC2)cc1C. The Hall–Kier alpha value is -1.51. The summed E-state index contributed by atoms with van der Waals surface area (Å²) in [5.41, 5.74) is 2.29. The summed E-state index contributed by atoms with van der Waals surface area (Å²) < 4.78 is 5.31. The van der Waals surface area contributed by atoms with Crippen molar-refractivity contribution in [1.82, 2.24) is 0 Å². The lowest BCUT2D eigenvalue weighted by Crippen LogP contribution is -2.42. The fourth-order valence-corrected chi connectivity index (χ4v) is 2.70. The van der Waals surface area contributed by atoms with Gasteiger partial charge in [0.2, 0.25) is 0 Å². The first-order valence-corrected chi connectivity index (χ1v) is 5.90. The van der Waals surface area contributed by atoms with Gasteiger partial charge in [0.25, 0.3) is 0 Å². The van der Waals surface area contributed by atoms with Gasteiger partial charge >= 0.3 is 5.97 Å². The van der Waals surface area contributed by atoms with Crippen LogP contribution in [-0.4, -0.2) is 18.2 Å². The minimum absolute atomic E-state index is 0.651. The number of methoxy groups -OCH3 is 1. The number of hydrogen-bond acceptors (Lipinski definition) is 2. The molecule has 1 aromatic rings. The van der Waals surface area contributed by atoms with E-state index in [2.05, 4.69) is 0 Å². The van der Waals surface area contributed by atoms with Gasteiger partial charge in [-0.05, 0) is 43.4 Å². The number of ether oxygens (including phenoxy) is 1. The number of hydrogen-bond donors (Lipinski definition) is 1. The van der Waals surface area contributed by atoms with E-state index >= 15 is 0 Å². The van der Waals surface area contributed by atoms with Crippen LogP contribution < -0.4 is 4.74 Å². The zero-order chi connectivity index (χ0) is 12.6. The minimum Gasteiger partial charge on any atom is -0.496 e. The lowest BCUT2D eigenvalue weighted by molar-refractivity contribution is -0.147. The second-order valence-corrected chi connectivity index (χ2v) is 4.88. The summed E-state index contributed by atoms with van der Waals surface area (Å²) in [6.07, 6.45) is 2.48. The van der Waals surface area contributed by atoms with Crippen molar-refractivity contribution in [2.24, 2.45) is 0 Å². The molecular weight excluding hydrogens is 216 g/mol. The number of aryl methyl sites for hydroxylation is 2. The second-order valence-electron chi connectivity index (χ2n) is 4.88. The van der Waals surface area contributed by atoms with Gasteiger partial charge in [-0.3, -0.25) is 4.79 Å². The molecule has 3 heteroatoms. The van der Waals surface area contributed by atoms with Crippen molar-refractivity contribution < 1.29 is 14.6 Å². The number of carboxylic acids is 1. The van der Waals surface area contributed by atoms with Gasteiger partial charge in [-0.1, -0.05) is 18.6 Å². The van der Waals surface area contributed by atoms with Gasteiger partial charge in [-0.2, -0.15) is 0 Å². The highest BCUT2D eigenvalue weighted by atomic mass is 16.5. The normalized spacial score (nSPS) is 17.4. The fraction of sp³-hybridized carbons (Fsp3) is 0.500. The first-order chi connectivity index (χ1) is 8.01. The molecular formula is C14H18O3. The Kier molecular flexibility index (Phi) is 2.86. The third kappa shape index (κ3) is 1.70. The van der Waals surface area contributed by atoms with E-state index in [-0.39, 0.29) is 0 Å². The topological polar surface area (TPSA) is 46.5 Å². The van der Waals surface area contributed by atoms with Crippen LogP contribution in [0.3, 0.4) is 0 Å². The van der Waals surface area contributed by atoms with Crippen molar-refractivity contribution in [2.45, 2.75) is 38.5 Å². The fourth-order valence-electron chi connectivity index (χ4n) is 2.70. The number of aliphatic carboxylic acids is 1. The average molecular weight is 234 g/mol. The van der Waals surface area contributed by atoms with Crippen LogP contribution in [0.25, 0.3) is 0 Å². The van der Waals surface area contributed by atoms with Gasteiger partial charge in [0, 0.05) is 0 Å². The summed E-state index contributed by atoms with van der Waals surface area (Å²) in [7, 11) is 1.64. The predicted molar refractivity (Wildman–Crippen MR) is 65.6 cm³/mol. The average Bonchev–Trinajstić information content (AvgIpc) is 2.14. The molecule has 1 aromatic carbocycles. The summed E-state index contributed by atoms with van der Waals surface area (Å²) in [5, 5.41) is 9.41. The predicted octanol–water partition coefficient (Wildman–Crippen LogP) is 2.82. The molecule has 0 amide bonds. The number of rotatable bonds is 3. The zero-order valence-corrected chi connectivity index (χ0v) is 10.5. The summed E-state index contributed by atoms with van der Waals surface area (Å²) >= 11 is 0. The summed E-state index contributed by atoms with van der Waals surface area (Å²) in [5.74, 6) is 0.154. The smallest absolute Gasteiger partial charge is 0.314 e. The standard InChI is InChI=1S/C14H18O3/c1-9-7-11(8-10(2)12(9)17-3)14(13(15)16)5-4-6-14/h7-8H,4-6H2,1-3H3,(H,15,16). The Morgan fingerprint density at radius 2 is 1.82 bits per heavy atom. The summed E-state index contributed by atoms with van der Waals surface area (Å²) in [6.45, 7) is 3.92. The molecule has 1 aliphatic carbocycles. The van der Waals surface area contributed by atoms with E-state index in [1.165, 1.54) is 0 Å². The molecule has 0 bridgehead atoms. The maximum Gasteiger partial charge on any atom is 0.314 e. The molecule has 0 heterocycles. The quantitative estimate of drug-likeness (QED) is 0.874. The monoisotopic (exact) mass is 234 g/mol. The van der Waals surface area contributed by atoms with Crippen molar-refractivity contribution in [3.05, 3.63) is 28.8 Å². The van der Waals surface area contributed by atoms with Crippen molar-refractivity contribution in [3.63, 3.8) is 0 Å². The van der Waals surface area contributed by atoms with E-state index in [0.717, 1.165) is 41.7 Å². The molecule has 0 unspecified atom stereocenters. The third-order valence-electron chi connectivity index (χ3n) is 3.83. The number of carbonyl (C=O) groups is 1. The molecule has 0 atom stereocenters. The Labute approximate surface area is 101 Å². The molecule has 0 saturated heterocycles. The van der Waals surface area contributed by atoms with Crippen molar-refractivity contribution >= 4 is 5.97 Å². The highest BCUT2D eigenvalue weighted by Gasteiger charge is 2.46. The molecule has 2 rings (SSSR count). The molecule has 1 fully saturated rings. The van der Waals surface area contributed by atoms with E-state index in [1.54, 1.807) is 7.11 Å². The van der Waals surface area contributed by atoms with Crippen LogP contribution in [0.5, 0.6) is 5.75 Å². The van der Waals surface area contributed by atoms with Gasteiger partial charge in [-0.25, -0.2) is 0 Å². The molecule has 0 aromatic heterocycles. The van der Waals surface area contributed by atoms with Crippen LogP contribution in [0, 0.1) is 13.8 Å². The van der Waals surface area contributed by atoms with Crippen LogP contribution in [-0.2, 0) is 10.2 Å². The minimum atomic E-state index is -0.701. The Balaban J connectivity index is 2.50. The maximum absolute atomic E-state index is 11.4. The van der Waals surface area contributed by atoms with Crippen LogP contribution in [0.15, 0.2) is 12.1 Å². The molecule has 0 spiro atoms. The molecule has 0 aliphatic heterocycles. The molecule has 17 heavy (non-hydrogen) atoms. The van der Waals surface area contributed by atoms with Gasteiger partial charge in [0.15, 0.2) is 0 Å². The summed E-state index contributed by atoms with van der Waals surface area (Å²) in [4.78, 5) is 11.4. The molecule has 1 N–H and O–H groups in total. The highest BCUT2D eigenvalue weighted by molar-refractivity contribution is 5.83. The highest BCUT2D eigenvalue weighted by Crippen LogP contribution is 2.45. The van der Waals surface area contributed by atoms with Gasteiger partial charge < -0.3 is 9.84 Å². The van der Waals surface area contributed by atoms with E-state index < -0.39 is 11.4 Å². The van der Waals surface area contributed by atoms with Gasteiger partial charge in [0.05, 0.1) is 12.5 Å². The van der Waals surface area contributed by atoms with Gasteiger partial charge in [0.1, 0.15) is 5.75 Å². The van der Waals surface area contributed by atoms with E-state index in [1.807, 2.05) is 26.0 Å². The second kappa shape index (κ2) is 4.06. The lowest BCUT2D eigenvalue weighted by Gasteiger charge is -2.38. The van der Waals surface area contributed by atoms with E-state index in [4.69, 9.17) is 4.74 Å². The van der Waals surface area contributed by atoms with Gasteiger partial charge in [-0.15, -0.1) is 0 Å². The molecule has 92 valence electrons. The molecule has 1 aliphatic rings. The third-order valence-corrected chi connectivity index (χ3v) is 3.83. The maximum atomic E-state index is 11.4. The first-order valence-electron chi connectivity index (χ1n) is 5.90. The van der Waals surface area contributed by atoms with Crippen molar-refractivity contribution in [3.8, 4) is 5.75 Å². The first kappa shape index (κ1) is 12.0. The van der Waals surface area contributed by atoms with Crippen LogP contribution in [0.1, 0.15) is 36.0 Å². The zero-order valence-electron chi connectivity index (χ0n) is 10.5. The Bertz CT molecular complexity index is 436.